The fourth-order valence-corrected chi connectivity index (χ4v) is 5.32. The van der Waals surface area contributed by atoms with Crippen LogP contribution < -0.4 is 0 Å². The van der Waals surface area contributed by atoms with Crippen molar-refractivity contribution >= 4 is 5.97 Å². The van der Waals surface area contributed by atoms with Gasteiger partial charge < -0.3 is 4.74 Å². The van der Waals surface area contributed by atoms with E-state index in [1.54, 1.807) is 12.1 Å². The van der Waals surface area contributed by atoms with Crippen molar-refractivity contribution in [3.8, 4) is 0 Å². The van der Waals surface area contributed by atoms with Gasteiger partial charge in [0.25, 0.3) is 0 Å². The predicted octanol–water partition coefficient (Wildman–Crippen LogP) is 7.13. The Labute approximate surface area is 215 Å². The number of benzene rings is 2. The third-order valence-electron chi connectivity index (χ3n) is 7.18. The van der Waals surface area contributed by atoms with E-state index in [0.717, 1.165) is 24.0 Å². The van der Waals surface area contributed by atoms with Crippen LogP contribution in [0, 0.1) is 0 Å². The predicted molar refractivity (Wildman–Crippen MR) is 142 cm³/mol. The van der Waals surface area contributed by atoms with E-state index in [1.165, 1.54) is 6.42 Å². The third kappa shape index (κ3) is 6.40. The van der Waals surface area contributed by atoms with E-state index in [1.807, 2.05) is 60.9 Å². The van der Waals surface area contributed by atoms with Gasteiger partial charge in [-0.1, -0.05) is 48.5 Å². The van der Waals surface area contributed by atoms with Crippen LogP contribution in [-0.4, -0.2) is 33.7 Å². The summed E-state index contributed by atoms with van der Waals surface area (Å²) in [5, 5.41) is 2.21. The highest BCUT2D eigenvalue weighted by atomic mass is 16.7. The van der Waals surface area contributed by atoms with Crippen LogP contribution >= 0.6 is 0 Å². The fourth-order valence-electron chi connectivity index (χ4n) is 5.32. The van der Waals surface area contributed by atoms with Crippen LogP contribution in [0.3, 0.4) is 0 Å². The fraction of sp³-hybridized carbons (Fsp3) is 0.419. The molecular weight excluding hydrogens is 448 g/mol. The van der Waals surface area contributed by atoms with Crippen molar-refractivity contribution in [1.29, 1.82) is 0 Å². The van der Waals surface area contributed by atoms with Crippen molar-refractivity contribution in [2.75, 3.05) is 6.61 Å². The smallest absolute Gasteiger partial charge is 0.338 e. The first kappa shape index (κ1) is 26.1. The molecule has 2 atom stereocenters. The first-order chi connectivity index (χ1) is 17.3. The van der Waals surface area contributed by atoms with Gasteiger partial charge in [0.05, 0.1) is 12.2 Å². The SMILES string of the molecule is CC1(C)CCCC(C)(C)N1OC(CC(COC(=O)c1ccccc1)c1ccccc1)c1ccncc1. The van der Waals surface area contributed by atoms with E-state index in [0.29, 0.717) is 12.0 Å². The molecule has 0 amide bonds. The largest absolute Gasteiger partial charge is 0.461 e. The zero-order valence-corrected chi connectivity index (χ0v) is 21.9. The van der Waals surface area contributed by atoms with Crippen molar-refractivity contribution < 1.29 is 14.4 Å². The number of piperidine rings is 1. The lowest BCUT2D eigenvalue weighted by Gasteiger charge is -2.52. The Kier molecular flexibility index (Phi) is 8.22. The number of esters is 1. The Morgan fingerprint density at radius 2 is 1.44 bits per heavy atom. The van der Waals surface area contributed by atoms with Crippen molar-refractivity contribution in [3.05, 3.63) is 102 Å². The molecule has 1 aliphatic rings. The van der Waals surface area contributed by atoms with Gasteiger partial charge in [0, 0.05) is 29.4 Å². The number of ether oxygens (including phenoxy) is 1. The van der Waals surface area contributed by atoms with Gasteiger partial charge in [-0.3, -0.25) is 9.82 Å². The van der Waals surface area contributed by atoms with Crippen LogP contribution in [0.1, 0.15) is 86.9 Å². The van der Waals surface area contributed by atoms with Crippen LogP contribution in [0.2, 0.25) is 0 Å². The maximum atomic E-state index is 12.8. The molecule has 4 rings (SSSR count). The molecule has 2 aromatic carbocycles. The molecule has 3 aromatic rings. The van der Waals surface area contributed by atoms with Crippen LogP contribution in [0.25, 0.3) is 0 Å². The molecule has 1 aliphatic heterocycles. The summed E-state index contributed by atoms with van der Waals surface area (Å²) in [6.45, 7) is 9.30. The molecule has 0 aliphatic carbocycles. The number of hydrogen-bond acceptors (Lipinski definition) is 5. The molecule has 36 heavy (non-hydrogen) atoms. The van der Waals surface area contributed by atoms with Crippen LogP contribution in [0.15, 0.2) is 85.2 Å². The lowest BCUT2D eigenvalue weighted by Crippen LogP contribution is -2.58. The summed E-state index contributed by atoms with van der Waals surface area (Å²) in [5.74, 6) is -0.343. The van der Waals surface area contributed by atoms with E-state index in [4.69, 9.17) is 9.57 Å². The number of aromatic nitrogens is 1. The standard InChI is InChI=1S/C31H38N2O3/c1-30(2)18-11-19-31(3,4)33(30)36-28(25-16-20-32-21-17-25)22-27(24-12-7-5-8-13-24)23-35-29(34)26-14-9-6-10-15-26/h5-10,12-17,20-21,27-28H,11,18-19,22-23H2,1-4H3. The number of hydroxylamine groups is 2. The monoisotopic (exact) mass is 486 g/mol. The number of rotatable bonds is 9. The van der Waals surface area contributed by atoms with Crippen LogP contribution in [0.5, 0.6) is 0 Å². The number of pyridine rings is 1. The summed E-state index contributed by atoms with van der Waals surface area (Å²) < 4.78 is 5.83. The van der Waals surface area contributed by atoms with Gasteiger partial charge in [-0.05, 0) is 88.8 Å². The van der Waals surface area contributed by atoms with E-state index in [9.17, 15) is 4.79 Å². The Bertz CT molecular complexity index is 1080. The number of hydrogen-bond donors (Lipinski definition) is 0. The summed E-state index contributed by atoms with van der Waals surface area (Å²) in [5.41, 5.74) is 2.57. The second-order valence-corrected chi connectivity index (χ2v) is 11.0. The lowest BCUT2D eigenvalue weighted by atomic mass is 9.82. The molecule has 5 heteroatoms. The summed E-state index contributed by atoms with van der Waals surface area (Å²) in [4.78, 5) is 23.9. The molecule has 2 heterocycles. The highest BCUT2D eigenvalue weighted by molar-refractivity contribution is 5.89. The second kappa shape index (κ2) is 11.4. The first-order valence-electron chi connectivity index (χ1n) is 12.9. The lowest BCUT2D eigenvalue weighted by molar-refractivity contribution is -0.308. The third-order valence-corrected chi connectivity index (χ3v) is 7.18. The van der Waals surface area contributed by atoms with E-state index in [-0.39, 0.29) is 35.7 Å². The Morgan fingerprint density at radius 1 is 0.861 bits per heavy atom. The van der Waals surface area contributed by atoms with Gasteiger partial charge in [-0.15, -0.1) is 0 Å². The molecule has 0 radical (unpaired) electrons. The Balaban J connectivity index is 1.61. The number of carbonyl (C=O) groups excluding carboxylic acids is 1. The average Bonchev–Trinajstić information content (AvgIpc) is 2.88. The quantitative estimate of drug-likeness (QED) is 0.301. The zero-order valence-electron chi connectivity index (χ0n) is 21.9. The van der Waals surface area contributed by atoms with Gasteiger partial charge in [-0.25, -0.2) is 4.79 Å². The highest BCUT2D eigenvalue weighted by Gasteiger charge is 2.44. The van der Waals surface area contributed by atoms with Crippen molar-refractivity contribution in [3.63, 3.8) is 0 Å². The minimum atomic E-state index is -0.309. The van der Waals surface area contributed by atoms with Crippen molar-refractivity contribution in [1.82, 2.24) is 10.0 Å². The molecule has 1 aromatic heterocycles. The molecule has 0 saturated carbocycles. The summed E-state index contributed by atoms with van der Waals surface area (Å²) in [7, 11) is 0. The molecule has 5 nitrogen and oxygen atoms in total. The maximum Gasteiger partial charge on any atom is 0.338 e. The summed E-state index contributed by atoms with van der Waals surface area (Å²) in [6, 6.07) is 23.4. The molecular formula is C31H38N2O3. The number of carbonyl (C=O) groups is 1. The van der Waals surface area contributed by atoms with Crippen molar-refractivity contribution in [2.24, 2.45) is 0 Å². The Hall–Kier alpha value is -3.02. The van der Waals surface area contributed by atoms with E-state index >= 15 is 0 Å². The summed E-state index contributed by atoms with van der Waals surface area (Å²) in [6.07, 6.45) is 7.41. The van der Waals surface area contributed by atoms with Gasteiger partial charge in [0.15, 0.2) is 0 Å². The molecule has 0 N–H and O–H groups in total. The average molecular weight is 487 g/mol. The normalized spacial score (nSPS) is 18.8. The Morgan fingerprint density at radius 3 is 2.06 bits per heavy atom. The van der Waals surface area contributed by atoms with Gasteiger partial charge in [0.1, 0.15) is 6.10 Å². The minimum absolute atomic E-state index is 0.0342. The number of nitrogens with zero attached hydrogens (tertiary/aromatic N) is 2. The summed E-state index contributed by atoms with van der Waals surface area (Å²) >= 11 is 0. The van der Waals surface area contributed by atoms with Crippen LogP contribution in [0.4, 0.5) is 0 Å². The maximum absolute atomic E-state index is 12.8. The van der Waals surface area contributed by atoms with Gasteiger partial charge in [-0.2, -0.15) is 5.06 Å². The van der Waals surface area contributed by atoms with Crippen LogP contribution in [-0.2, 0) is 9.57 Å². The first-order valence-corrected chi connectivity index (χ1v) is 12.9. The van der Waals surface area contributed by atoms with Gasteiger partial charge in [0.2, 0.25) is 0 Å². The van der Waals surface area contributed by atoms with E-state index in [2.05, 4.69) is 49.9 Å². The minimum Gasteiger partial charge on any atom is -0.461 e. The topological polar surface area (TPSA) is 51.7 Å². The zero-order chi connectivity index (χ0) is 25.6. The molecule has 2 unspecified atom stereocenters. The van der Waals surface area contributed by atoms with E-state index < -0.39 is 0 Å². The molecule has 1 saturated heterocycles. The molecule has 0 bridgehead atoms. The molecule has 190 valence electrons. The second-order valence-electron chi connectivity index (χ2n) is 11.0. The highest BCUT2D eigenvalue weighted by Crippen LogP contribution is 2.42. The van der Waals surface area contributed by atoms with Crippen molar-refractivity contribution in [2.45, 2.75) is 76.5 Å². The molecule has 0 spiro atoms. The molecule has 1 fully saturated rings. The van der Waals surface area contributed by atoms with Gasteiger partial charge >= 0.3 is 5.97 Å².